The predicted molar refractivity (Wildman–Crippen MR) is 74.7 cm³/mol. The largest absolute Gasteiger partial charge is 0.507 e. The van der Waals surface area contributed by atoms with Crippen LogP contribution in [0.25, 0.3) is 0 Å². The van der Waals surface area contributed by atoms with Crippen LogP contribution in [0.5, 0.6) is 5.75 Å². The van der Waals surface area contributed by atoms with E-state index in [1.54, 1.807) is 12.1 Å². The van der Waals surface area contributed by atoms with E-state index in [9.17, 15) is 9.90 Å². The third-order valence-electron chi connectivity index (χ3n) is 3.48. The molecule has 3 nitrogen and oxygen atoms in total. The van der Waals surface area contributed by atoms with Crippen molar-refractivity contribution in [1.29, 1.82) is 0 Å². The van der Waals surface area contributed by atoms with Crippen LogP contribution < -0.4 is 5.32 Å². The van der Waals surface area contributed by atoms with Gasteiger partial charge in [-0.15, -0.1) is 0 Å². The van der Waals surface area contributed by atoms with Crippen molar-refractivity contribution in [1.82, 2.24) is 5.32 Å². The van der Waals surface area contributed by atoms with Gasteiger partial charge >= 0.3 is 0 Å². The summed E-state index contributed by atoms with van der Waals surface area (Å²) in [6, 6.07) is 4.93. The number of benzene rings is 1. The van der Waals surface area contributed by atoms with Crippen molar-refractivity contribution in [2.24, 2.45) is 5.92 Å². The number of nitrogens with one attached hydrogen (secondary N) is 1. The lowest BCUT2D eigenvalue weighted by Gasteiger charge is -2.21. The minimum Gasteiger partial charge on any atom is -0.507 e. The van der Waals surface area contributed by atoms with Gasteiger partial charge in [-0.3, -0.25) is 4.79 Å². The fraction of sp³-hybridized carbons (Fsp3) is 0.500. The maximum Gasteiger partial charge on any atom is 0.255 e. The van der Waals surface area contributed by atoms with E-state index in [1.165, 1.54) is 38.2 Å². The van der Waals surface area contributed by atoms with E-state index >= 15 is 0 Å². The Bertz CT molecular complexity index is 428. The van der Waals surface area contributed by atoms with Crippen molar-refractivity contribution in [3.05, 3.63) is 28.2 Å². The third kappa shape index (κ3) is 3.48. The highest BCUT2D eigenvalue weighted by molar-refractivity contribution is 9.10. The van der Waals surface area contributed by atoms with E-state index in [0.717, 1.165) is 4.47 Å². The molecule has 98 valence electrons. The molecule has 1 saturated carbocycles. The number of amides is 1. The van der Waals surface area contributed by atoms with Crippen molar-refractivity contribution in [2.45, 2.75) is 32.1 Å². The summed E-state index contributed by atoms with van der Waals surface area (Å²) in [6.07, 6.45) is 6.26. The lowest BCUT2D eigenvalue weighted by molar-refractivity contribution is 0.0941. The van der Waals surface area contributed by atoms with Crippen LogP contribution in [0.1, 0.15) is 42.5 Å². The number of phenols is 1. The topological polar surface area (TPSA) is 49.3 Å². The number of phenolic OH excluding ortho intramolecular Hbond substituents is 1. The number of carbonyl (C=O) groups is 1. The molecule has 0 heterocycles. The predicted octanol–water partition coefficient (Wildman–Crippen LogP) is 3.46. The summed E-state index contributed by atoms with van der Waals surface area (Å²) in [7, 11) is 0. The Labute approximate surface area is 116 Å². The Morgan fingerprint density at radius 1 is 1.33 bits per heavy atom. The summed E-state index contributed by atoms with van der Waals surface area (Å²) in [6.45, 7) is 0.717. The van der Waals surface area contributed by atoms with Crippen LogP contribution in [0.3, 0.4) is 0 Å². The molecule has 1 aliphatic rings. The third-order valence-corrected chi connectivity index (χ3v) is 3.97. The zero-order valence-electron chi connectivity index (χ0n) is 10.3. The van der Waals surface area contributed by atoms with E-state index in [-0.39, 0.29) is 11.7 Å². The highest BCUT2D eigenvalue weighted by Crippen LogP contribution is 2.24. The van der Waals surface area contributed by atoms with Crippen LogP contribution in [0.2, 0.25) is 0 Å². The minimum atomic E-state index is -0.189. The molecule has 0 atom stereocenters. The molecule has 0 unspecified atom stereocenters. The first kappa shape index (κ1) is 13.4. The number of hydrogen-bond donors (Lipinski definition) is 2. The smallest absolute Gasteiger partial charge is 0.255 e. The Hall–Kier alpha value is -1.03. The van der Waals surface area contributed by atoms with Gasteiger partial charge in [0.1, 0.15) is 5.75 Å². The second-order valence-electron chi connectivity index (χ2n) is 4.88. The Morgan fingerprint density at radius 3 is 2.72 bits per heavy atom. The number of rotatable bonds is 3. The van der Waals surface area contributed by atoms with Gasteiger partial charge < -0.3 is 10.4 Å². The summed E-state index contributed by atoms with van der Waals surface area (Å²) in [4.78, 5) is 11.9. The molecule has 1 aromatic carbocycles. The molecule has 0 saturated heterocycles. The first-order valence-corrected chi connectivity index (χ1v) is 7.23. The zero-order chi connectivity index (χ0) is 13.0. The molecule has 18 heavy (non-hydrogen) atoms. The number of aromatic hydroxyl groups is 1. The molecule has 1 amide bonds. The molecule has 0 spiro atoms. The molecule has 0 aromatic heterocycles. The van der Waals surface area contributed by atoms with E-state index in [1.807, 2.05) is 0 Å². The van der Waals surface area contributed by atoms with Gasteiger partial charge in [0.15, 0.2) is 0 Å². The highest BCUT2D eigenvalue weighted by Gasteiger charge is 2.16. The second kappa shape index (κ2) is 6.23. The van der Waals surface area contributed by atoms with Gasteiger partial charge in [0.05, 0.1) is 5.56 Å². The van der Waals surface area contributed by atoms with E-state index in [2.05, 4.69) is 21.2 Å². The lowest BCUT2D eigenvalue weighted by atomic mass is 9.89. The Morgan fingerprint density at radius 2 is 2.06 bits per heavy atom. The van der Waals surface area contributed by atoms with Crippen LogP contribution in [-0.2, 0) is 0 Å². The maximum absolute atomic E-state index is 11.9. The monoisotopic (exact) mass is 311 g/mol. The number of carbonyl (C=O) groups excluding carboxylic acids is 1. The van der Waals surface area contributed by atoms with Gasteiger partial charge in [-0.1, -0.05) is 35.2 Å². The quantitative estimate of drug-likeness (QED) is 0.898. The molecular weight excluding hydrogens is 294 g/mol. The van der Waals surface area contributed by atoms with Crippen LogP contribution in [0.4, 0.5) is 0 Å². The Balaban J connectivity index is 1.90. The molecule has 2 N–H and O–H groups in total. The van der Waals surface area contributed by atoms with Crippen LogP contribution in [-0.4, -0.2) is 17.6 Å². The lowest BCUT2D eigenvalue weighted by Crippen LogP contribution is -2.30. The summed E-state index contributed by atoms with van der Waals surface area (Å²) in [5, 5.41) is 12.6. The molecule has 1 aromatic rings. The summed E-state index contributed by atoms with van der Waals surface area (Å²) < 4.78 is 0.767. The van der Waals surface area contributed by atoms with E-state index in [4.69, 9.17) is 0 Å². The average Bonchev–Trinajstić information content (AvgIpc) is 2.37. The molecule has 0 radical (unpaired) electrons. The van der Waals surface area contributed by atoms with Gasteiger partial charge in [0.25, 0.3) is 5.91 Å². The molecule has 0 aliphatic heterocycles. The summed E-state index contributed by atoms with van der Waals surface area (Å²) in [5.41, 5.74) is 0.342. The first-order valence-electron chi connectivity index (χ1n) is 6.43. The number of halogens is 1. The maximum atomic E-state index is 11.9. The van der Waals surface area contributed by atoms with E-state index in [0.29, 0.717) is 18.0 Å². The molecular formula is C14H18BrNO2. The van der Waals surface area contributed by atoms with Crippen LogP contribution in [0.15, 0.2) is 22.7 Å². The van der Waals surface area contributed by atoms with Gasteiger partial charge in [-0.25, -0.2) is 0 Å². The number of hydrogen-bond acceptors (Lipinski definition) is 2. The normalized spacial score (nSPS) is 16.5. The zero-order valence-corrected chi connectivity index (χ0v) is 11.9. The first-order chi connectivity index (χ1) is 8.66. The molecule has 1 aliphatic carbocycles. The fourth-order valence-corrected chi connectivity index (χ4v) is 2.77. The van der Waals surface area contributed by atoms with Crippen LogP contribution in [0, 0.1) is 5.92 Å². The summed E-state index contributed by atoms with van der Waals surface area (Å²) >= 11 is 3.26. The van der Waals surface area contributed by atoms with Crippen molar-refractivity contribution in [2.75, 3.05) is 6.54 Å². The van der Waals surface area contributed by atoms with Gasteiger partial charge in [-0.05, 0) is 37.0 Å². The molecule has 0 bridgehead atoms. The molecule has 4 heteroatoms. The Kier molecular flexibility index (Phi) is 4.64. The molecule has 1 fully saturated rings. The summed E-state index contributed by atoms with van der Waals surface area (Å²) in [5.74, 6) is 0.427. The SMILES string of the molecule is O=C(NCC1CCCCC1)c1ccc(Br)cc1O. The van der Waals surface area contributed by atoms with Gasteiger partial charge in [0.2, 0.25) is 0 Å². The van der Waals surface area contributed by atoms with Gasteiger partial charge in [-0.2, -0.15) is 0 Å². The van der Waals surface area contributed by atoms with Crippen LogP contribution >= 0.6 is 15.9 Å². The van der Waals surface area contributed by atoms with E-state index < -0.39 is 0 Å². The minimum absolute atomic E-state index is 0.0190. The fourth-order valence-electron chi connectivity index (χ4n) is 2.42. The second-order valence-corrected chi connectivity index (χ2v) is 5.79. The average molecular weight is 312 g/mol. The highest BCUT2D eigenvalue weighted by atomic mass is 79.9. The van der Waals surface area contributed by atoms with Crippen molar-refractivity contribution >= 4 is 21.8 Å². The van der Waals surface area contributed by atoms with Crippen molar-refractivity contribution < 1.29 is 9.90 Å². The van der Waals surface area contributed by atoms with Crippen molar-refractivity contribution in [3.63, 3.8) is 0 Å². The molecule has 2 rings (SSSR count). The van der Waals surface area contributed by atoms with Gasteiger partial charge in [0, 0.05) is 11.0 Å². The van der Waals surface area contributed by atoms with Crippen molar-refractivity contribution in [3.8, 4) is 5.75 Å². The standard InChI is InChI=1S/C14H18BrNO2/c15-11-6-7-12(13(17)8-11)14(18)16-9-10-4-2-1-3-5-10/h6-8,10,17H,1-5,9H2,(H,16,18).